The molecule has 2 heterocycles. The molecule has 0 radical (unpaired) electrons. The van der Waals surface area contributed by atoms with E-state index in [1.165, 1.54) is 4.31 Å². The molecule has 0 amide bonds. The van der Waals surface area contributed by atoms with E-state index >= 15 is 0 Å². The Kier molecular flexibility index (Phi) is 5.03. The summed E-state index contributed by atoms with van der Waals surface area (Å²) in [5.41, 5.74) is 3.53. The van der Waals surface area contributed by atoms with E-state index in [4.69, 9.17) is 9.97 Å². The maximum Gasteiger partial charge on any atom is 0.235 e. The van der Waals surface area contributed by atoms with E-state index in [9.17, 15) is 8.42 Å². The maximum absolute atomic E-state index is 12.3. The highest BCUT2D eigenvalue weighted by Crippen LogP contribution is 2.27. The molecule has 156 valence electrons. The number of anilines is 2. The van der Waals surface area contributed by atoms with Gasteiger partial charge in [0.25, 0.3) is 0 Å². The fourth-order valence-electron chi connectivity index (χ4n) is 3.86. The summed E-state index contributed by atoms with van der Waals surface area (Å²) in [6.07, 6.45) is 0.667. The summed E-state index contributed by atoms with van der Waals surface area (Å²) in [4.78, 5) is 9.50. The molecule has 31 heavy (non-hydrogen) atoms. The molecule has 1 aromatic heterocycles. The molecule has 4 aromatic rings. The molecule has 1 N–H and O–H groups in total. The molecule has 5 rings (SSSR count). The van der Waals surface area contributed by atoms with E-state index < -0.39 is 10.0 Å². The van der Waals surface area contributed by atoms with E-state index in [0.717, 1.165) is 27.8 Å². The van der Waals surface area contributed by atoms with E-state index in [-0.39, 0.29) is 5.75 Å². The number of rotatable bonds is 5. The third-order valence-corrected chi connectivity index (χ3v) is 7.26. The number of benzene rings is 3. The summed E-state index contributed by atoms with van der Waals surface area (Å²) in [6, 6.07) is 25.5. The summed E-state index contributed by atoms with van der Waals surface area (Å²) in [6.45, 7) is 1.06. The predicted molar refractivity (Wildman–Crippen MR) is 124 cm³/mol. The second-order valence-electron chi connectivity index (χ2n) is 7.54. The number of nitrogens with one attached hydrogen (secondary N) is 1. The van der Waals surface area contributed by atoms with Crippen molar-refractivity contribution in [2.24, 2.45) is 0 Å². The molecule has 1 fully saturated rings. The highest BCUT2D eigenvalue weighted by atomic mass is 32.2. The maximum atomic E-state index is 12.3. The lowest BCUT2D eigenvalue weighted by atomic mass is 10.1. The van der Waals surface area contributed by atoms with E-state index in [1.807, 2.05) is 78.9 Å². The molecule has 1 aliphatic rings. The highest BCUT2D eigenvalue weighted by Gasteiger charge is 2.28. The monoisotopic (exact) mass is 430 g/mol. The first kappa shape index (κ1) is 19.5. The molecule has 0 bridgehead atoms. The van der Waals surface area contributed by atoms with Crippen LogP contribution in [0.1, 0.15) is 12.0 Å². The number of fused-ring (bicyclic) bond motifs is 1. The van der Waals surface area contributed by atoms with Crippen molar-refractivity contribution in [1.82, 2.24) is 9.97 Å². The van der Waals surface area contributed by atoms with Crippen LogP contribution in [0.3, 0.4) is 0 Å². The zero-order chi connectivity index (χ0) is 21.3. The van der Waals surface area contributed by atoms with E-state index in [2.05, 4.69) is 5.32 Å². The quantitative estimate of drug-likeness (QED) is 0.506. The third kappa shape index (κ3) is 3.96. The average molecular weight is 431 g/mol. The van der Waals surface area contributed by atoms with Gasteiger partial charge in [-0.05, 0) is 36.2 Å². The van der Waals surface area contributed by atoms with Crippen molar-refractivity contribution in [2.75, 3.05) is 21.9 Å². The van der Waals surface area contributed by atoms with Crippen LogP contribution in [0, 0.1) is 0 Å². The Hall–Kier alpha value is -3.45. The highest BCUT2D eigenvalue weighted by molar-refractivity contribution is 7.93. The molecule has 0 unspecified atom stereocenters. The van der Waals surface area contributed by atoms with Gasteiger partial charge in [0.2, 0.25) is 10.0 Å². The van der Waals surface area contributed by atoms with Crippen LogP contribution in [0.2, 0.25) is 0 Å². The second-order valence-corrected chi connectivity index (χ2v) is 9.56. The summed E-state index contributed by atoms with van der Waals surface area (Å²) < 4.78 is 26.0. The molecule has 1 saturated heterocycles. The molecule has 7 heteroatoms. The molecule has 3 aromatic carbocycles. The van der Waals surface area contributed by atoms with Gasteiger partial charge in [-0.3, -0.25) is 4.31 Å². The summed E-state index contributed by atoms with van der Waals surface area (Å²) in [7, 11) is -3.20. The topological polar surface area (TPSA) is 75.2 Å². The number of sulfonamides is 1. The Bertz CT molecular complexity index is 1340. The van der Waals surface area contributed by atoms with Gasteiger partial charge in [0.15, 0.2) is 5.82 Å². The SMILES string of the molecule is O=S1(=O)CCCN1c1cccc(CNc2nc(-c3ccccc3)nc3ccccc23)c1. The first-order valence-electron chi connectivity index (χ1n) is 10.3. The molecular weight excluding hydrogens is 408 g/mol. The van der Waals surface area contributed by atoms with Crippen LogP contribution in [0.15, 0.2) is 78.9 Å². The molecule has 1 aliphatic heterocycles. The van der Waals surface area contributed by atoms with Gasteiger partial charge in [-0.25, -0.2) is 18.4 Å². The Balaban J connectivity index is 1.46. The van der Waals surface area contributed by atoms with Crippen molar-refractivity contribution in [3.05, 3.63) is 84.4 Å². The van der Waals surface area contributed by atoms with Crippen molar-refractivity contribution >= 4 is 32.4 Å². The Morgan fingerprint density at radius 3 is 2.52 bits per heavy atom. The second kappa shape index (κ2) is 8.00. The lowest BCUT2D eigenvalue weighted by Crippen LogP contribution is -2.25. The molecule has 0 atom stereocenters. The van der Waals surface area contributed by atoms with Gasteiger partial charge in [-0.1, -0.05) is 54.6 Å². The van der Waals surface area contributed by atoms with Crippen LogP contribution in [0.5, 0.6) is 0 Å². The first-order chi connectivity index (χ1) is 15.1. The van der Waals surface area contributed by atoms with E-state index in [0.29, 0.717) is 31.0 Å². The molecule has 0 spiro atoms. The van der Waals surface area contributed by atoms with Gasteiger partial charge >= 0.3 is 0 Å². The van der Waals surface area contributed by atoms with Gasteiger partial charge in [-0.2, -0.15) is 0 Å². The van der Waals surface area contributed by atoms with Crippen molar-refractivity contribution in [2.45, 2.75) is 13.0 Å². The largest absolute Gasteiger partial charge is 0.365 e. The van der Waals surface area contributed by atoms with Crippen molar-refractivity contribution in [1.29, 1.82) is 0 Å². The predicted octanol–water partition coefficient (Wildman–Crippen LogP) is 4.45. The smallest absolute Gasteiger partial charge is 0.235 e. The normalized spacial score (nSPS) is 15.3. The first-order valence-corrected chi connectivity index (χ1v) is 11.9. The van der Waals surface area contributed by atoms with Crippen LogP contribution in [0.4, 0.5) is 11.5 Å². The lowest BCUT2D eigenvalue weighted by Gasteiger charge is -2.18. The van der Waals surface area contributed by atoms with Gasteiger partial charge in [-0.15, -0.1) is 0 Å². The summed E-state index contributed by atoms with van der Waals surface area (Å²) >= 11 is 0. The van der Waals surface area contributed by atoms with Crippen LogP contribution in [0.25, 0.3) is 22.3 Å². The zero-order valence-electron chi connectivity index (χ0n) is 16.9. The van der Waals surface area contributed by atoms with Crippen molar-refractivity contribution in [3.63, 3.8) is 0 Å². The van der Waals surface area contributed by atoms with Crippen molar-refractivity contribution in [3.8, 4) is 11.4 Å². The van der Waals surface area contributed by atoms with Gasteiger partial charge < -0.3 is 5.32 Å². The van der Waals surface area contributed by atoms with Crippen molar-refractivity contribution < 1.29 is 8.42 Å². The van der Waals surface area contributed by atoms with Gasteiger partial charge in [0.1, 0.15) is 5.82 Å². The number of hydrogen-bond donors (Lipinski definition) is 1. The van der Waals surface area contributed by atoms with Crippen LogP contribution in [-0.4, -0.2) is 30.7 Å². The lowest BCUT2D eigenvalue weighted by molar-refractivity contribution is 0.599. The minimum Gasteiger partial charge on any atom is -0.365 e. The summed E-state index contributed by atoms with van der Waals surface area (Å²) in [5.74, 6) is 1.63. The van der Waals surface area contributed by atoms with E-state index in [1.54, 1.807) is 0 Å². The number of aromatic nitrogens is 2. The van der Waals surface area contributed by atoms with Gasteiger partial charge in [0.05, 0.1) is 17.0 Å². The number of nitrogens with zero attached hydrogens (tertiary/aromatic N) is 3. The minimum absolute atomic E-state index is 0.213. The third-order valence-electron chi connectivity index (χ3n) is 5.39. The molecule has 0 saturated carbocycles. The van der Waals surface area contributed by atoms with Crippen LogP contribution < -0.4 is 9.62 Å². The van der Waals surface area contributed by atoms with Crippen LogP contribution in [-0.2, 0) is 16.6 Å². The van der Waals surface area contributed by atoms with Crippen LogP contribution >= 0.6 is 0 Å². The fourth-order valence-corrected chi connectivity index (χ4v) is 5.42. The number of hydrogen-bond acceptors (Lipinski definition) is 5. The number of para-hydroxylation sites is 1. The van der Waals surface area contributed by atoms with Gasteiger partial charge in [0, 0.05) is 24.0 Å². The Morgan fingerprint density at radius 2 is 1.71 bits per heavy atom. The average Bonchev–Trinajstić information content (AvgIpc) is 3.17. The fraction of sp³-hybridized carbons (Fsp3) is 0.167. The minimum atomic E-state index is -3.20. The zero-order valence-corrected chi connectivity index (χ0v) is 17.7. The molecular formula is C24H22N4O2S. The Labute approximate surface area is 181 Å². The molecule has 6 nitrogen and oxygen atoms in total. The summed E-state index contributed by atoms with van der Waals surface area (Å²) in [5, 5.41) is 4.38. The standard InChI is InChI=1S/C24H22N4O2S/c29-31(30)15-7-14-28(31)20-11-6-8-18(16-20)17-25-24-21-12-4-5-13-22(21)26-23(27-24)19-9-2-1-3-10-19/h1-6,8-13,16H,7,14-15,17H2,(H,25,26,27). The molecule has 0 aliphatic carbocycles. The Morgan fingerprint density at radius 1 is 0.903 bits per heavy atom.